The summed E-state index contributed by atoms with van der Waals surface area (Å²) in [6, 6.07) is 4.07. The number of ketones is 1. The van der Waals surface area contributed by atoms with Crippen molar-refractivity contribution in [3.05, 3.63) is 70.9 Å². The summed E-state index contributed by atoms with van der Waals surface area (Å²) in [6.07, 6.45) is 4.78. The third-order valence-corrected chi connectivity index (χ3v) is 6.29. The van der Waals surface area contributed by atoms with E-state index < -0.39 is 46.0 Å². The molecule has 1 atom stereocenters. The number of rotatable bonds is 7. The second-order valence-corrected chi connectivity index (χ2v) is 9.62. The molecule has 38 heavy (non-hydrogen) atoms. The Morgan fingerprint density at radius 3 is 2.66 bits per heavy atom. The van der Waals surface area contributed by atoms with Crippen molar-refractivity contribution < 1.29 is 22.8 Å². The fourth-order valence-corrected chi connectivity index (χ4v) is 4.54. The molecule has 0 radical (unpaired) electrons. The molecule has 0 spiro atoms. The maximum Gasteiger partial charge on any atom is 0.254 e. The van der Waals surface area contributed by atoms with Crippen molar-refractivity contribution in [2.45, 2.75) is 45.2 Å². The Morgan fingerprint density at radius 2 is 1.95 bits per heavy atom. The van der Waals surface area contributed by atoms with E-state index in [9.17, 15) is 18.4 Å². The van der Waals surface area contributed by atoms with E-state index in [-0.39, 0.29) is 29.9 Å². The zero-order chi connectivity index (χ0) is 27.6. The number of nitrogens with zero attached hydrogens (tertiary/aromatic N) is 3. The molecule has 0 bridgehead atoms. The molecule has 0 saturated carbocycles. The normalized spacial score (nSPS) is 15.6. The highest BCUT2D eigenvalue weighted by molar-refractivity contribution is 6.01. The number of nitrogens with two attached hydrogens (primary N) is 2. The van der Waals surface area contributed by atoms with Gasteiger partial charge in [-0.1, -0.05) is 0 Å². The number of piperidine rings is 1. The van der Waals surface area contributed by atoms with Crippen molar-refractivity contribution in [3.63, 3.8) is 0 Å². The molecule has 1 aliphatic heterocycles. The van der Waals surface area contributed by atoms with Gasteiger partial charge in [0.25, 0.3) is 5.91 Å². The Morgan fingerprint density at radius 1 is 1.18 bits per heavy atom. The highest BCUT2D eigenvalue weighted by Crippen LogP contribution is 2.32. The van der Waals surface area contributed by atoms with Crippen LogP contribution in [0, 0.1) is 17.5 Å². The van der Waals surface area contributed by atoms with Crippen LogP contribution in [0.15, 0.2) is 36.7 Å². The smallest absolute Gasteiger partial charge is 0.254 e. The topological polar surface area (TPSA) is 127 Å². The van der Waals surface area contributed by atoms with Crippen molar-refractivity contribution in [2.24, 2.45) is 5.73 Å². The molecule has 1 aliphatic rings. The monoisotopic (exact) mass is 526 g/mol. The lowest BCUT2D eigenvalue weighted by Gasteiger charge is -2.33. The first kappa shape index (κ1) is 27.1. The summed E-state index contributed by atoms with van der Waals surface area (Å²) in [7, 11) is 0. The third-order valence-electron chi connectivity index (χ3n) is 6.29. The Labute approximate surface area is 218 Å². The number of hydrogen-bond donors (Lipinski definition) is 3. The van der Waals surface area contributed by atoms with E-state index in [0.717, 1.165) is 43.3 Å². The minimum absolute atomic E-state index is 0.000566. The van der Waals surface area contributed by atoms with E-state index >= 15 is 4.39 Å². The Bertz CT molecular complexity index is 1380. The quantitative estimate of drug-likeness (QED) is 0.401. The first-order chi connectivity index (χ1) is 18.1. The van der Waals surface area contributed by atoms with Crippen LogP contribution in [0.2, 0.25) is 0 Å². The molecule has 5 N–H and O–H groups in total. The number of halogens is 3. The van der Waals surface area contributed by atoms with Gasteiger partial charge in [0.2, 0.25) is 0 Å². The number of aromatic nitrogens is 2. The average Bonchev–Trinajstić information content (AvgIpc) is 2.85. The van der Waals surface area contributed by atoms with Gasteiger partial charge in [-0.05, 0) is 44.9 Å². The number of anilines is 2. The lowest BCUT2D eigenvalue weighted by Crippen LogP contribution is -2.43. The molecule has 11 heteroatoms. The van der Waals surface area contributed by atoms with Crippen LogP contribution in [0.25, 0.3) is 11.3 Å². The van der Waals surface area contributed by atoms with Crippen LogP contribution >= 0.6 is 0 Å². The molecule has 2 aromatic heterocycles. The van der Waals surface area contributed by atoms with Crippen LogP contribution in [0.4, 0.5) is 24.5 Å². The number of nitrogen functional groups attached to an aromatic ring is 1. The van der Waals surface area contributed by atoms with E-state index in [1.807, 2.05) is 0 Å². The summed E-state index contributed by atoms with van der Waals surface area (Å²) in [5.41, 5.74) is 10.7. The lowest BCUT2D eigenvalue weighted by molar-refractivity contribution is 0.0937. The highest BCUT2D eigenvalue weighted by atomic mass is 19.1. The first-order valence-corrected chi connectivity index (χ1v) is 12.3. The van der Waals surface area contributed by atoms with E-state index in [1.54, 1.807) is 32.3 Å². The molecular weight excluding hydrogens is 497 g/mol. The highest BCUT2D eigenvalue weighted by Gasteiger charge is 2.27. The third kappa shape index (κ3) is 5.62. The molecule has 0 aliphatic carbocycles. The Kier molecular flexibility index (Phi) is 7.96. The van der Waals surface area contributed by atoms with Gasteiger partial charge in [-0.15, -0.1) is 0 Å². The van der Waals surface area contributed by atoms with E-state index in [4.69, 9.17) is 11.5 Å². The van der Waals surface area contributed by atoms with E-state index in [0.29, 0.717) is 12.1 Å². The van der Waals surface area contributed by atoms with Crippen LogP contribution in [-0.2, 0) is 6.42 Å². The van der Waals surface area contributed by atoms with Crippen LogP contribution in [0.3, 0.4) is 0 Å². The summed E-state index contributed by atoms with van der Waals surface area (Å²) >= 11 is 0. The summed E-state index contributed by atoms with van der Waals surface area (Å²) in [6.45, 7) is 4.73. The number of Topliss-reactive ketones (excluding diaryl/α,β-unsaturated/α-hetero) is 1. The van der Waals surface area contributed by atoms with Crippen LogP contribution in [0.1, 0.15) is 53.1 Å². The zero-order valence-corrected chi connectivity index (χ0v) is 21.1. The van der Waals surface area contributed by atoms with E-state index in [2.05, 4.69) is 20.2 Å². The number of carbonyl (C=O) groups excluding carboxylic acids is 2. The SMILES string of the molecule is CC(C)NC(=O)c1ccc(F)c(-c2nc(C(=O)Cc3cnccc3N3CCC[C@H](N)C3)c(N)cc2F)c1F. The first-order valence-electron chi connectivity index (χ1n) is 12.3. The maximum atomic E-state index is 15.3. The Balaban J connectivity index is 1.71. The van der Waals surface area contributed by atoms with Gasteiger partial charge < -0.3 is 21.7 Å². The average molecular weight is 527 g/mol. The van der Waals surface area contributed by atoms with Crippen molar-refractivity contribution in [3.8, 4) is 11.3 Å². The van der Waals surface area contributed by atoms with Crippen molar-refractivity contribution in [1.29, 1.82) is 0 Å². The molecule has 4 rings (SSSR count). The molecule has 1 fully saturated rings. The van der Waals surface area contributed by atoms with E-state index in [1.165, 1.54) is 0 Å². The molecule has 1 amide bonds. The largest absolute Gasteiger partial charge is 0.397 e. The lowest BCUT2D eigenvalue weighted by atomic mass is 10.0. The predicted octanol–water partition coefficient (Wildman–Crippen LogP) is 3.63. The molecular formula is C27H29F3N6O2. The number of amides is 1. The van der Waals surface area contributed by atoms with Gasteiger partial charge >= 0.3 is 0 Å². The molecule has 3 aromatic rings. The van der Waals surface area contributed by atoms with Crippen LogP contribution in [0.5, 0.6) is 0 Å². The molecule has 0 unspecified atom stereocenters. The molecule has 3 heterocycles. The standard InChI is InChI=1S/C27H29F3N6O2/c1-14(2)34-27(38)17-5-6-18(28)23(24(17)30)25-19(29)11-20(32)26(35-25)22(37)10-15-12-33-8-7-21(15)36-9-3-4-16(31)13-36/h5-8,11-12,14,16H,3-4,9-10,13,31-32H2,1-2H3,(H,34,38)/t16-/m0/s1. The van der Waals surface area contributed by atoms with Gasteiger partial charge in [-0.3, -0.25) is 14.6 Å². The minimum Gasteiger partial charge on any atom is -0.397 e. The second kappa shape index (κ2) is 11.2. The predicted molar refractivity (Wildman–Crippen MR) is 138 cm³/mol. The number of nitrogens with one attached hydrogen (secondary N) is 1. The van der Waals surface area contributed by atoms with Gasteiger partial charge in [-0.25, -0.2) is 18.2 Å². The van der Waals surface area contributed by atoms with Gasteiger partial charge in [0.05, 0.1) is 16.8 Å². The van der Waals surface area contributed by atoms with Crippen molar-refractivity contribution >= 4 is 23.1 Å². The number of hydrogen-bond acceptors (Lipinski definition) is 7. The Hall–Kier alpha value is -3.99. The fourth-order valence-electron chi connectivity index (χ4n) is 4.54. The van der Waals surface area contributed by atoms with Crippen molar-refractivity contribution in [1.82, 2.24) is 15.3 Å². The fraction of sp³-hybridized carbons (Fsp3) is 0.333. The van der Waals surface area contributed by atoms with Crippen LogP contribution in [-0.4, -0.2) is 46.8 Å². The summed E-state index contributed by atoms with van der Waals surface area (Å²) in [4.78, 5) is 35.9. The van der Waals surface area contributed by atoms with Gasteiger partial charge in [-0.2, -0.15) is 0 Å². The number of benzene rings is 1. The second-order valence-electron chi connectivity index (χ2n) is 9.62. The maximum absolute atomic E-state index is 15.3. The molecule has 1 saturated heterocycles. The van der Waals surface area contributed by atoms with Crippen molar-refractivity contribution in [2.75, 3.05) is 23.7 Å². The van der Waals surface area contributed by atoms with Crippen LogP contribution < -0.4 is 21.7 Å². The summed E-state index contributed by atoms with van der Waals surface area (Å²) in [5.74, 6) is -4.97. The molecule has 200 valence electrons. The van der Waals surface area contributed by atoms with Gasteiger partial charge in [0, 0.05) is 61.3 Å². The zero-order valence-electron chi connectivity index (χ0n) is 21.1. The van der Waals surface area contributed by atoms with Gasteiger partial charge in [0.1, 0.15) is 23.0 Å². The molecule has 1 aromatic carbocycles. The van der Waals surface area contributed by atoms with Gasteiger partial charge in [0.15, 0.2) is 11.6 Å². The summed E-state index contributed by atoms with van der Waals surface area (Å²) < 4.78 is 45.0. The number of carbonyl (C=O) groups is 2. The summed E-state index contributed by atoms with van der Waals surface area (Å²) in [5, 5.41) is 2.51. The minimum atomic E-state index is -1.30. The molecule has 8 nitrogen and oxygen atoms in total. The number of pyridine rings is 2.